The van der Waals surface area contributed by atoms with Crippen LogP contribution in [-0.4, -0.2) is 41.8 Å². The maximum absolute atomic E-state index is 10.7. The van der Waals surface area contributed by atoms with E-state index in [0.717, 1.165) is 60.0 Å². The maximum Gasteiger partial charge on any atom is 0.303 e. The van der Waals surface area contributed by atoms with Crippen molar-refractivity contribution in [3.05, 3.63) is 83.0 Å². The number of halogens is 1. The van der Waals surface area contributed by atoms with Gasteiger partial charge >= 0.3 is 5.97 Å². The Morgan fingerprint density at radius 2 is 1.74 bits per heavy atom. The zero-order valence-corrected chi connectivity index (χ0v) is 18.3. The third-order valence-electron chi connectivity index (χ3n) is 5.03. The van der Waals surface area contributed by atoms with Crippen LogP contribution >= 0.6 is 11.6 Å². The number of para-hydroxylation sites is 2. The van der Waals surface area contributed by atoms with Crippen LogP contribution < -0.4 is 5.32 Å². The number of hydrogen-bond acceptors (Lipinski definition) is 4. The van der Waals surface area contributed by atoms with Crippen LogP contribution in [0.5, 0.6) is 0 Å². The summed E-state index contributed by atoms with van der Waals surface area (Å²) >= 11 is 6.75. The molecule has 0 saturated heterocycles. The first kappa shape index (κ1) is 22.8. The van der Waals surface area contributed by atoms with E-state index in [1.165, 1.54) is 0 Å². The van der Waals surface area contributed by atoms with Gasteiger partial charge in [0.25, 0.3) is 0 Å². The van der Waals surface area contributed by atoms with Crippen LogP contribution in [0.1, 0.15) is 25.7 Å². The van der Waals surface area contributed by atoms with E-state index in [1.807, 2.05) is 73.1 Å². The van der Waals surface area contributed by atoms with Crippen molar-refractivity contribution in [2.24, 2.45) is 4.99 Å². The van der Waals surface area contributed by atoms with Crippen LogP contribution in [0.25, 0.3) is 0 Å². The van der Waals surface area contributed by atoms with Gasteiger partial charge in [0.1, 0.15) is 0 Å². The van der Waals surface area contributed by atoms with Gasteiger partial charge in [0.05, 0.1) is 10.7 Å². The number of aliphatic imine (C=N–C) groups is 1. The highest BCUT2D eigenvalue weighted by Crippen LogP contribution is 2.27. The second-order valence-electron chi connectivity index (χ2n) is 7.53. The second-order valence-corrected chi connectivity index (χ2v) is 7.91. The van der Waals surface area contributed by atoms with Crippen molar-refractivity contribution < 1.29 is 9.90 Å². The highest BCUT2D eigenvalue weighted by Gasteiger charge is 2.21. The molecule has 0 fully saturated rings. The zero-order valence-electron chi connectivity index (χ0n) is 17.5. The molecular weight excluding hydrogens is 410 g/mol. The molecule has 0 spiro atoms. The maximum atomic E-state index is 10.7. The number of hydrogen-bond donors (Lipinski definition) is 2. The Morgan fingerprint density at radius 1 is 1.03 bits per heavy atom. The molecule has 0 bridgehead atoms. The van der Waals surface area contributed by atoms with Crippen molar-refractivity contribution in [3.8, 4) is 0 Å². The molecular formula is C25H28ClN3O2. The number of carbonyl (C=O) groups is 1. The Bertz CT molecular complexity index is 940. The number of nitrogens with zero attached hydrogens (tertiary/aromatic N) is 2. The Balaban J connectivity index is 1.71. The molecule has 5 nitrogen and oxygen atoms in total. The van der Waals surface area contributed by atoms with E-state index >= 15 is 0 Å². The highest BCUT2D eigenvalue weighted by molar-refractivity contribution is 6.34. The summed E-state index contributed by atoms with van der Waals surface area (Å²) in [6.07, 6.45) is 6.60. The van der Waals surface area contributed by atoms with E-state index < -0.39 is 5.97 Å². The van der Waals surface area contributed by atoms with Crippen LogP contribution in [0.15, 0.2) is 88.0 Å². The van der Waals surface area contributed by atoms with Crippen molar-refractivity contribution in [1.29, 1.82) is 0 Å². The van der Waals surface area contributed by atoms with E-state index in [0.29, 0.717) is 6.42 Å². The minimum absolute atomic E-state index is 0.229. The standard InChI is InChI=1S/C25H28ClN3O2/c26-25-20(16-27-22-10-4-1-5-11-22)18-29(15-9-3-8-14-24(30)31)19-21(25)17-28-23-12-6-2-7-13-23/h1-2,4-7,10-13,16-17,27H,3,8-9,14-15,18-19H2,(H,30,31)/b20-16+,28-17+. The Hall–Kier alpha value is -2.89. The number of anilines is 1. The summed E-state index contributed by atoms with van der Waals surface area (Å²) in [5.41, 5.74) is 3.88. The second kappa shape index (κ2) is 12.1. The van der Waals surface area contributed by atoms with E-state index in [9.17, 15) is 4.79 Å². The third kappa shape index (κ3) is 7.70. The molecule has 2 aromatic carbocycles. The van der Waals surface area contributed by atoms with Crippen molar-refractivity contribution in [3.63, 3.8) is 0 Å². The smallest absolute Gasteiger partial charge is 0.303 e. The molecule has 3 rings (SSSR count). The molecule has 0 aromatic heterocycles. The van der Waals surface area contributed by atoms with Gasteiger partial charge in [0.15, 0.2) is 0 Å². The van der Waals surface area contributed by atoms with Gasteiger partial charge in [-0.2, -0.15) is 0 Å². The highest BCUT2D eigenvalue weighted by atomic mass is 35.5. The first-order chi connectivity index (χ1) is 15.1. The summed E-state index contributed by atoms with van der Waals surface area (Å²) < 4.78 is 0. The lowest BCUT2D eigenvalue weighted by molar-refractivity contribution is -0.137. The molecule has 2 N–H and O–H groups in total. The molecule has 162 valence electrons. The normalized spacial score (nSPS) is 16.2. The first-order valence-electron chi connectivity index (χ1n) is 10.5. The van der Waals surface area contributed by atoms with Gasteiger partial charge in [-0.05, 0) is 43.7 Å². The predicted molar refractivity (Wildman–Crippen MR) is 128 cm³/mol. The zero-order chi connectivity index (χ0) is 21.9. The fourth-order valence-electron chi connectivity index (χ4n) is 3.41. The fraction of sp³-hybridized carbons (Fsp3) is 0.280. The van der Waals surface area contributed by atoms with Gasteiger partial charge in [0.2, 0.25) is 0 Å². The van der Waals surface area contributed by atoms with Gasteiger partial charge in [0, 0.05) is 48.8 Å². The predicted octanol–water partition coefficient (Wildman–Crippen LogP) is 5.84. The molecule has 1 aliphatic rings. The third-order valence-corrected chi connectivity index (χ3v) is 5.51. The van der Waals surface area contributed by atoms with E-state index in [1.54, 1.807) is 0 Å². The number of nitrogens with one attached hydrogen (secondary N) is 1. The Kier molecular flexibility index (Phi) is 8.88. The number of rotatable bonds is 10. The summed E-state index contributed by atoms with van der Waals surface area (Å²) in [5.74, 6) is -0.732. The molecule has 6 heteroatoms. The lowest BCUT2D eigenvalue weighted by Crippen LogP contribution is -2.34. The molecule has 0 amide bonds. The average molecular weight is 438 g/mol. The van der Waals surface area contributed by atoms with Gasteiger partial charge < -0.3 is 10.4 Å². The van der Waals surface area contributed by atoms with Crippen LogP contribution in [0.4, 0.5) is 11.4 Å². The van der Waals surface area contributed by atoms with Gasteiger partial charge in [-0.1, -0.05) is 54.4 Å². The Labute approximate surface area is 188 Å². The van der Waals surface area contributed by atoms with Crippen molar-refractivity contribution in [1.82, 2.24) is 4.90 Å². The lowest BCUT2D eigenvalue weighted by Gasteiger charge is -2.29. The number of unbranched alkanes of at least 4 members (excludes halogenated alkanes) is 2. The monoisotopic (exact) mass is 437 g/mol. The van der Waals surface area contributed by atoms with Crippen molar-refractivity contribution in [2.75, 3.05) is 25.0 Å². The lowest BCUT2D eigenvalue weighted by atomic mass is 10.1. The van der Waals surface area contributed by atoms with E-state index in [-0.39, 0.29) is 6.42 Å². The summed E-state index contributed by atoms with van der Waals surface area (Å²) in [5, 5.41) is 12.9. The van der Waals surface area contributed by atoms with Crippen LogP contribution in [0, 0.1) is 0 Å². The first-order valence-corrected chi connectivity index (χ1v) is 10.9. The average Bonchev–Trinajstić information content (AvgIpc) is 2.79. The van der Waals surface area contributed by atoms with E-state index in [4.69, 9.17) is 16.7 Å². The largest absolute Gasteiger partial charge is 0.481 e. The van der Waals surface area contributed by atoms with Gasteiger partial charge in [-0.3, -0.25) is 14.7 Å². The summed E-state index contributed by atoms with van der Waals surface area (Å²) in [6.45, 7) is 2.34. The van der Waals surface area contributed by atoms with Crippen molar-refractivity contribution in [2.45, 2.75) is 25.7 Å². The van der Waals surface area contributed by atoms with Crippen molar-refractivity contribution >= 4 is 35.2 Å². The molecule has 1 heterocycles. The SMILES string of the molecule is O=C(O)CCCCCN1CC(/C=N/c2ccccc2)=C(Cl)C(=C/Nc2ccccc2)/C1. The summed E-state index contributed by atoms with van der Waals surface area (Å²) in [7, 11) is 0. The molecule has 0 saturated carbocycles. The van der Waals surface area contributed by atoms with Gasteiger partial charge in [-0.25, -0.2) is 0 Å². The molecule has 2 aromatic rings. The minimum atomic E-state index is -0.732. The molecule has 1 aliphatic heterocycles. The Morgan fingerprint density at radius 3 is 2.45 bits per heavy atom. The minimum Gasteiger partial charge on any atom is -0.481 e. The number of carboxylic acids is 1. The quantitative estimate of drug-likeness (QED) is 0.362. The molecule has 0 atom stereocenters. The number of carboxylic acid groups (broad SMARTS) is 1. The molecule has 31 heavy (non-hydrogen) atoms. The fourth-order valence-corrected chi connectivity index (χ4v) is 3.63. The summed E-state index contributed by atoms with van der Waals surface area (Å²) in [6, 6.07) is 19.8. The molecule has 0 aliphatic carbocycles. The summed E-state index contributed by atoms with van der Waals surface area (Å²) in [4.78, 5) is 17.6. The van der Waals surface area contributed by atoms with Crippen LogP contribution in [-0.2, 0) is 4.79 Å². The molecule has 0 unspecified atom stereocenters. The van der Waals surface area contributed by atoms with Gasteiger partial charge in [-0.15, -0.1) is 0 Å². The van der Waals surface area contributed by atoms with E-state index in [2.05, 4.69) is 15.2 Å². The number of aliphatic carboxylic acids is 1. The number of benzene rings is 2. The topological polar surface area (TPSA) is 64.9 Å². The van der Waals surface area contributed by atoms with Crippen LogP contribution in [0.2, 0.25) is 0 Å². The van der Waals surface area contributed by atoms with Crippen LogP contribution in [0.3, 0.4) is 0 Å². The molecule has 0 radical (unpaired) electrons.